The second-order valence-electron chi connectivity index (χ2n) is 6.32. The van der Waals surface area contributed by atoms with Crippen LogP contribution in [0.4, 0.5) is 23.0 Å². The Balaban J connectivity index is 1.75. The van der Waals surface area contributed by atoms with Gasteiger partial charge in [-0.25, -0.2) is 18.4 Å². The number of nitrogens with one attached hydrogen (secondary N) is 2. The minimum atomic E-state index is -3.65. The van der Waals surface area contributed by atoms with E-state index in [4.69, 9.17) is 0 Å². The molecule has 0 spiro atoms. The van der Waals surface area contributed by atoms with E-state index < -0.39 is 10.0 Å². The van der Waals surface area contributed by atoms with Gasteiger partial charge >= 0.3 is 0 Å². The normalized spacial score (nSPS) is 11.1. The van der Waals surface area contributed by atoms with E-state index in [0.717, 1.165) is 11.5 Å². The summed E-state index contributed by atoms with van der Waals surface area (Å²) in [5, 5.41) is 3.21. The van der Waals surface area contributed by atoms with Gasteiger partial charge in [-0.15, -0.1) is 0 Å². The van der Waals surface area contributed by atoms with Crippen molar-refractivity contribution in [1.29, 1.82) is 0 Å². The topological polar surface area (TPSA) is 87.2 Å². The minimum Gasteiger partial charge on any atom is -0.363 e. The van der Waals surface area contributed by atoms with Gasteiger partial charge in [-0.1, -0.05) is 22.0 Å². The molecule has 0 saturated carbocycles. The highest BCUT2D eigenvalue weighted by Crippen LogP contribution is 2.23. The van der Waals surface area contributed by atoms with Crippen molar-refractivity contribution >= 4 is 49.0 Å². The molecule has 0 aliphatic carbocycles. The van der Waals surface area contributed by atoms with Crippen molar-refractivity contribution in [2.75, 3.05) is 29.0 Å². The van der Waals surface area contributed by atoms with Crippen LogP contribution in [0.25, 0.3) is 0 Å². The van der Waals surface area contributed by atoms with Crippen molar-refractivity contribution in [2.45, 2.75) is 11.8 Å². The van der Waals surface area contributed by atoms with Crippen molar-refractivity contribution in [3.05, 3.63) is 64.9 Å². The van der Waals surface area contributed by atoms with E-state index >= 15 is 0 Å². The maximum absolute atomic E-state index is 12.5. The summed E-state index contributed by atoms with van der Waals surface area (Å²) in [6.45, 7) is 1.83. The van der Waals surface area contributed by atoms with Crippen LogP contribution in [0.3, 0.4) is 0 Å². The van der Waals surface area contributed by atoms with E-state index in [2.05, 4.69) is 35.9 Å². The van der Waals surface area contributed by atoms with Gasteiger partial charge in [0.05, 0.1) is 4.90 Å². The molecule has 28 heavy (non-hydrogen) atoms. The largest absolute Gasteiger partial charge is 0.363 e. The average Bonchev–Trinajstić information content (AvgIpc) is 2.62. The maximum atomic E-state index is 12.5. The molecule has 146 valence electrons. The van der Waals surface area contributed by atoms with Crippen LogP contribution in [0, 0.1) is 6.92 Å². The zero-order valence-corrected chi connectivity index (χ0v) is 18.0. The molecule has 0 fully saturated rings. The van der Waals surface area contributed by atoms with Gasteiger partial charge in [0.1, 0.15) is 17.5 Å². The number of sulfonamides is 1. The number of nitrogens with zero attached hydrogens (tertiary/aromatic N) is 3. The van der Waals surface area contributed by atoms with Gasteiger partial charge in [-0.2, -0.15) is 0 Å². The van der Waals surface area contributed by atoms with Crippen molar-refractivity contribution in [2.24, 2.45) is 0 Å². The lowest BCUT2D eigenvalue weighted by Gasteiger charge is -2.14. The number of aryl methyl sites for hydroxylation is 1. The first-order chi connectivity index (χ1) is 13.2. The van der Waals surface area contributed by atoms with Crippen molar-refractivity contribution < 1.29 is 8.42 Å². The lowest BCUT2D eigenvalue weighted by Crippen LogP contribution is -2.13. The third-order valence-corrected chi connectivity index (χ3v) is 5.67. The second kappa shape index (κ2) is 8.15. The van der Waals surface area contributed by atoms with Gasteiger partial charge in [0.25, 0.3) is 10.0 Å². The van der Waals surface area contributed by atoms with Crippen LogP contribution < -0.4 is 14.9 Å². The van der Waals surface area contributed by atoms with Crippen LogP contribution in [-0.2, 0) is 10.0 Å². The molecule has 0 radical (unpaired) electrons. The van der Waals surface area contributed by atoms with E-state index in [0.29, 0.717) is 21.8 Å². The predicted molar refractivity (Wildman–Crippen MR) is 116 cm³/mol. The Morgan fingerprint density at radius 1 is 0.964 bits per heavy atom. The monoisotopic (exact) mass is 461 g/mol. The quantitative estimate of drug-likeness (QED) is 0.572. The van der Waals surface area contributed by atoms with Gasteiger partial charge in [-0.3, -0.25) is 4.72 Å². The summed E-state index contributed by atoms with van der Waals surface area (Å²) in [7, 11) is 0.174. The Labute approximate surface area is 173 Å². The maximum Gasteiger partial charge on any atom is 0.261 e. The zero-order valence-electron chi connectivity index (χ0n) is 15.6. The van der Waals surface area contributed by atoms with Crippen LogP contribution in [-0.4, -0.2) is 32.5 Å². The fraction of sp³-hybridized carbons (Fsp3) is 0.158. The van der Waals surface area contributed by atoms with Gasteiger partial charge in [0.15, 0.2) is 0 Å². The first-order valence-electron chi connectivity index (χ1n) is 8.41. The van der Waals surface area contributed by atoms with Gasteiger partial charge in [-0.05, 0) is 49.4 Å². The molecule has 7 nitrogen and oxygen atoms in total. The molecule has 0 atom stereocenters. The molecule has 1 aromatic heterocycles. The third-order valence-electron chi connectivity index (χ3n) is 3.80. The molecular weight excluding hydrogens is 442 g/mol. The number of aromatic nitrogens is 2. The highest BCUT2D eigenvalue weighted by Gasteiger charge is 2.14. The molecule has 3 rings (SSSR count). The number of anilines is 4. The lowest BCUT2D eigenvalue weighted by atomic mass is 10.3. The van der Waals surface area contributed by atoms with Crippen LogP contribution in [0.15, 0.2) is 64.0 Å². The first kappa shape index (κ1) is 20.1. The van der Waals surface area contributed by atoms with Crippen LogP contribution >= 0.6 is 15.9 Å². The number of rotatable bonds is 6. The molecule has 2 N–H and O–H groups in total. The summed E-state index contributed by atoms with van der Waals surface area (Å²) in [5.74, 6) is 2.12. The smallest absolute Gasteiger partial charge is 0.261 e. The van der Waals surface area contributed by atoms with E-state index in [1.165, 1.54) is 0 Å². The van der Waals surface area contributed by atoms with Crippen molar-refractivity contribution in [3.63, 3.8) is 0 Å². The van der Waals surface area contributed by atoms with Crippen molar-refractivity contribution in [1.82, 2.24) is 9.97 Å². The van der Waals surface area contributed by atoms with E-state index in [1.54, 1.807) is 48.5 Å². The summed E-state index contributed by atoms with van der Waals surface area (Å²) < 4.78 is 28.3. The number of hydrogen-bond donors (Lipinski definition) is 2. The van der Waals surface area contributed by atoms with Crippen LogP contribution in [0.5, 0.6) is 0 Å². The number of benzene rings is 2. The predicted octanol–water partition coefficient (Wildman–Crippen LogP) is 4.16. The summed E-state index contributed by atoms with van der Waals surface area (Å²) in [4.78, 5) is 10.8. The molecule has 0 aliphatic rings. The Kier molecular flexibility index (Phi) is 5.85. The highest BCUT2D eigenvalue weighted by atomic mass is 79.9. The Hall–Kier alpha value is -2.65. The van der Waals surface area contributed by atoms with E-state index in [-0.39, 0.29) is 4.90 Å². The van der Waals surface area contributed by atoms with Crippen LogP contribution in [0.2, 0.25) is 0 Å². The molecule has 1 heterocycles. The summed E-state index contributed by atoms with van der Waals surface area (Å²) in [6.07, 6.45) is 0. The van der Waals surface area contributed by atoms with Gasteiger partial charge in [0, 0.05) is 36.0 Å². The molecule has 3 aromatic rings. The molecule has 0 aliphatic heterocycles. The summed E-state index contributed by atoms with van der Waals surface area (Å²) >= 11 is 3.29. The summed E-state index contributed by atoms with van der Waals surface area (Å²) in [5.41, 5.74) is 1.26. The summed E-state index contributed by atoms with van der Waals surface area (Å²) in [6, 6.07) is 15.3. The van der Waals surface area contributed by atoms with Gasteiger partial charge in [0.2, 0.25) is 0 Å². The molecule has 0 amide bonds. The third kappa shape index (κ3) is 4.99. The van der Waals surface area contributed by atoms with Gasteiger partial charge < -0.3 is 10.2 Å². The molecule has 0 unspecified atom stereocenters. The SMILES string of the molecule is Cc1nc(Nc2ccc(NS(=O)(=O)c3cccc(Br)c3)cc2)cc(N(C)C)n1. The Morgan fingerprint density at radius 2 is 1.64 bits per heavy atom. The standard InChI is InChI=1S/C19H20BrN5O2S/c1-13-21-18(12-19(22-13)25(2)3)23-15-7-9-16(10-8-15)24-28(26,27)17-6-4-5-14(20)11-17/h4-12,24H,1-3H3,(H,21,22,23). The zero-order chi connectivity index (χ0) is 20.3. The Morgan fingerprint density at radius 3 is 2.29 bits per heavy atom. The van der Waals surface area contributed by atoms with Crippen LogP contribution in [0.1, 0.15) is 5.82 Å². The highest BCUT2D eigenvalue weighted by molar-refractivity contribution is 9.10. The molecule has 9 heteroatoms. The minimum absolute atomic E-state index is 0.191. The van der Waals surface area contributed by atoms with Crippen molar-refractivity contribution in [3.8, 4) is 0 Å². The fourth-order valence-corrected chi connectivity index (χ4v) is 4.12. The number of hydrogen-bond acceptors (Lipinski definition) is 6. The van der Waals surface area contributed by atoms with E-state index in [1.807, 2.05) is 32.0 Å². The molecule has 2 aromatic carbocycles. The Bertz CT molecular complexity index is 1090. The molecule has 0 saturated heterocycles. The fourth-order valence-electron chi connectivity index (χ4n) is 2.46. The molecule has 0 bridgehead atoms. The average molecular weight is 462 g/mol. The lowest BCUT2D eigenvalue weighted by molar-refractivity contribution is 0.601. The first-order valence-corrected chi connectivity index (χ1v) is 10.7. The number of halogens is 1. The molecular formula is C19H20BrN5O2S. The van der Waals surface area contributed by atoms with E-state index in [9.17, 15) is 8.42 Å². The second-order valence-corrected chi connectivity index (χ2v) is 8.92.